The smallest absolute Gasteiger partial charge is 0.306 e. The van der Waals surface area contributed by atoms with Crippen molar-refractivity contribution in [1.29, 1.82) is 0 Å². The molecule has 6 nitrogen and oxygen atoms in total. The summed E-state index contributed by atoms with van der Waals surface area (Å²) in [5.41, 5.74) is 1.60. The molecule has 138 valence electrons. The summed E-state index contributed by atoms with van der Waals surface area (Å²) in [7, 11) is -3.22. The Labute approximate surface area is 148 Å². The van der Waals surface area contributed by atoms with Gasteiger partial charge >= 0.3 is 5.69 Å². The van der Waals surface area contributed by atoms with Gasteiger partial charge in [0.05, 0.1) is 16.8 Å². The standard InChI is InChI=1S/C18H27N3O3S/c1-18(2,3)10-13-25(23,24)20-11-8-14(9-12-20)21-16-7-5-4-6-15(16)19-17(21)22/h4-7,14H,8-13H2,1-3H3,(H,19,22). The molecule has 2 heterocycles. The van der Waals surface area contributed by atoms with E-state index < -0.39 is 10.0 Å². The van der Waals surface area contributed by atoms with Gasteiger partial charge < -0.3 is 4.98 Å². The van der Waals surface area contributed by atoms with E-state index in [-0.39, 0.29) is 22.9 Å². The van der Waals surface area contributed by atoms with Gasteiger partial charge in [0.25, 0.3) is 0 Å². The van der Waals surface area contributed by atoms with Crippen LogP contribution in [0.3, 0.4) is 0 Å². The molecule has 0 bridgehead atoms. The van der Waals surface area contributed by atoms with E-state index in [1.807, 2.05) is 24.3 Å². The molecule has 0 amide bonds. The van der Waals surface area contributed by atoms with Crippen molar-refractivity contribution in [2.24, 2.45) is 5.41 Å². The second-order valence-corrected chi connectivity index (χ2v) is 10.2. The second kappa shape index (κ2) is 6.61. The molecule has 1 N–H and O–H groups in total. The van der Waals surface area contributed by atoms with Crippen molar-refractivity contribution in [1.82, 2.24) is 13.9 Å². The van der Waals surface area contributed by atoms with Crippen LogP contribution in [0, 0.1) is 5.41 Å². The number of aromatic nitrogens is 2. The van der Waals surface area contributed by atoms with Crippen LogP contribution in [0.25, 0.3) is 11.0 Å². The Bertz CT molecular complexity index is 898. The molecule has 0 unspecified atom stereocenters. The van der Waals surface area contributed by atoms with Crippen molar-refractivity contribution in [2.75, 3.05) is 18.8 Å². The fraction of sp³-hybridized carbons (Fsp3) is 0.611. The van der Waals surface area contributed by atoms with Gasteiger partial charge in [0.15, 0.2) is 0 Å². The van der Waals surface area contributed by atoms with E-state index in [0.29, 0.717) is 32.4 Å². The summed E-state index contributed by atoms with van der Waals surface area (Å²) >= 11 is 0. The molecule has 0 spiro atoms. The van der Waals surface area contributed by atoms with E-state index in [4.69, 9.17) is 0 Å². The van der Waals surface area contributed by atoms with Gasteiger partial charge in [-0.3, -0.25) is 4.57 Å². The van der Waals surface area contributed by atoms with Crippen molar-refractivity contribution in [3.05, 3.63) is 34.7 Å². The molecule has 0 radical (unpaired) electrons. The normalized spacial score (nSPS) is 18.0. The average molecular weight is 365 g/mol. The van der Waals surface area contributed by atoms with Crippen LogP contribution in [0.15, 0.2) is 29.1 Å². The molecule has 0 atom stereocenters. The first-order valence-electron chi connectivity index (χ1n) is 8.84. The van der Waals surface area contributed by atoms with Crippen LogP contribution in [0.5, 0.6) is 0 Å². The maximum Gasteiger partial charge on any atom is 0.326 e. The van der Waals surface area contributed by atoms with Crippen LogP contribution >= 0.6 is 0 Å². The predicted octanol–water partition coefficient (Wildman–Crippen LogP) is 2.73. The van der Waals surface area contributed by atoms with Gasteiger partial charge in [0.2, 0.25) is 10.0 Å². The van der Waals surface area contributed by atoms with Gasteiger partial charge in [-0.15, -0.1) is 0 Å². The molecule has 2 aromatic rings. The fourth-order valence-corrected chi connectivity index (χ4v) is 5.28. The molecule has 3 rings (SSSR count). The van der Waals surface area contributed by atoms with Crippen LogP contribution in [0.1, 0.15) is 46.1 Å². The van der Waals surface area contributed by atoms with Crippen LogP contribution in [0.4, 0.5) is 0 Å². The molecule has 1 aliphatic heterocycles. The fourth-order valence-electron chi connectivity index (χ4n) is 3.38. The number of hydrogen-bond donors (Lipinski definition) is 1. The number of benzene rings is 1. The van der Waals surface area contributed by atoms with E-state index in [1.165, 1.54) is 0 Å². The van der Waals surface area contributed by atoms with E-state index in [2.05, 4.69) is 25.8 Å². The second-order valence-electron chi connectivity index (χ2n) is 8.07. The zero-order chi connectivity index (χ0) is 18.2. The van der Waals surface area contributed by atoms with E-state index in [1.54, 1.807) is 8.87 Å². The predicted molar refractivity (Wildman–Crippen MR) is 100 cm³/mol. The number of fused-ring (bicyclic) bond motifs is 1. The molecule has 0 saturated carbocycles. The summed E-state index contributed by atoms with van der Waals surface area (Å²) in [5, 5.41) is 0. The Kier molecular flexibility index (Phi) is 4.81. The Balaban J connectivity index is 1.71. The van der Waals surface area contributed by atoms with Gasteiger partial charge in [-0.2, -0.15) is 0 Å². The maximum atomic E-state index is 12.6. The number of H-pyrrole nitrogens is 1. The zero-order valence-corrected chi connectivity index (χ0v) is 16.0. The first-order chi connectivity index (χ1) is 11.7. The molecule has 1 aliphatic rings. The SMILES string of the molecule is CC(C)(C)CCS(=O)(=O)N1CCC(n2c(=O)[nH]c3ccccc32)CC1. The highest BCUT2D eigenvalue weighted by molar-refractivity contribution is 7.89. The summed E-state index contributed by atoms with van der Waals surface area (Å²) in [6, 6.07) is 7.67. The third-order valence-corrected chi connectivity index (χ3v) is 6.79. The van der Waals surface area contributed by atoms with E-state index in [0.717, 1.165) is 11.0 Å². The van der Waals surface area contributed by atoms with E-state index >= 15 is 0 Å². The van der Waals surface area contributed by atoms with Crippen molar-refractivity contribution in [3.8, 4) is 0 Å². The lowest BCUT2D eigenvalue weighted by atomic mass is 9.94. The Morgan fingerprint density at radius 1 is 1.16 bits per heavy atom. The minimum atomic E-state index is -3.22. The zero-order valence-electron chi connectivity index (χ0n) is 15.2. The summed E-state index contributed by atoms with van der Waals surface area (Å²) in [6.45, 7) is 7.11. The summed E-state index contributed by atoms with van der Waals surface area (Å²) in [6.07, 6.45) is 1.98. The van der Waals surface area contributed by atoms with E-state index in [9.17, 15) is 13.2 Å². The lowest BCUT2D eigenvalue weighted by molar-refractivity contribution is 0.272. The van der Waals surface area contributed by atoms with Crippen LogP contribution in [0.2, 0.25) is 0 Å². The summed E-state index contributed by atoms with van der Waals surface area (Å²) < 4.78 is 28.5. The Hall–Kier alpha value is -1.60. The Morgan fingerprint density at radius 2 is 1.80 bits per heavy atom. The maximum absolute atomic E-state index is 12.6. The number of nitrogens with one attached hydrogen (secondary N) is 1. The first kappa shape index (κ1) is 18.2. The molecule has 1 aromatic heterocycles. The third kappa shape index (κ3) is 3.98. The third-order valence-electron chi connectivity index (χ3n) is 4.92. The van der Waals surface area contributed by atoms with Gasteiger partial charge in [-0.05, 0) is 36.8 Å². The number of aromatic amines is 1. The highest BCUT2D eigenvalue weighted by Gasteiger charge is 2.30. The minimum absolute atomic E-state index is 0.00272. The monoisotopic (exact) mass is 365 g/mol. The van der Waals surface area contributed by atoms with Gasteiger partial charge in [-0.1, -0.05) is 32.9 Å². The minimum Gasteiger partial charge on any atom is -0.306 e. The molecular weight excluding hydrogens is 338 g/mol. The molecular formula is C18H27N3O3S. The summed E-state index contributed by atoms with van der Waals surface area (Å²) in [4.78, 5) is 15.2. The van der Waals surface area contributed by atoms with Crippen molar-refractivity contribution in [3.63, 3.8) is 0 Å². The molecule has 25 heavy (non-hydrogen) atoms. The van der Waals surface area contributed by atoms with Crippen LogP contribution < -0.4 is 5.69 Å². The average Bonchev–Trinajstić information content (AvgIpc) is 2.88. The molecule has 0 aliphatic carbocycles. The topological polar surface area (TPSA) is 75.2 Å². The number of sulfonamides is 1. The van der Waals surface area contributed by atoms with Crippen LogP contribution in [-0.2, 0) is 10.0 Å². The van der Waals surface area contributed by atoms with Gasteiger partial charge in [0.1, 0.15) is 0 Å². The van der Waals surface area contributed by atoms with Crippen molar-refractivity contribution >= 4 is 21.1 Å². The molecule has 1 saturated heterocycles. The molecule has 1 fully saturated rings. The van der Waals surface area contributed by atoms with Crippen molar-refractivity contribution in [2.45, 2.75) is 46.1 Å². The highest BCUT2D eigenvalue weighted by Crippen LogP contribution is 2.27. The van der Waals surface area contributed by atoms with Gasteiger partial charge in [0, 0.05) is 19.1 Å². The molecule has 7 heteroatoms. The number of hydrogen-bond acceptors (Lipinski definition) is 3. The van der Waals surface area contributed by atoms with Gasteiger partial charge in [-0.25, -0.2) is 17.5 Å². The van der Waals surface area contributed by atoms with Crippen LogP contribution in [-0.4, -0.2) is 41.1 Å². The lowest BCUT2D eigenvalue weighted by Gasteiger charge is -2.32. The number of piperidine rings is 1. The number of imidazole rings is 1. The summed E-state index contributed by atoms with van der Waals surface area (Å²) in [5.74, 6) is 0.189. The number of para-hydroxylation sites is 2. The lowest BCUT2D eigenvalue weighted by Crippen LogP contribution is -2.41. The van der Waals surface area contributed by atoms with Crippen molar-refractivity contribution < 1.29 is 8.42 Å². The largest absolute Gasteiger partial charge is 0.326 e. The Morgan fingerprint density at radius 3 is 2.44 bits per heavy atom. The number of rotatable bonds is 4. The highest BCUT2D eigenvalue weighted by atomic mass is 32.2. The quantitative estimate of drug-likeness (QED) is 0.905. The molecule has 1 aromatic carbocycles. The number of nitrogens with zero attached hydrogens (tertiary/aromatic N) is 2. The first-order valence-corrected chi connectivity index (χ1v) is 10.5.